The standard InChI is InChI=1S/C38H70N8O8S4/c39-29-21-13-5-1-9-17-25-33-43-55(47,48)37-38(56(49,50)44-34-26-18-10-2-6-14-22-30-40,57(51,52)45-35-27-19-11-3-7-15-23-31-41)58(53,54)46-36-28-20-12-4-8-16-24-32-42/h43-46H,1-28,33-37H2. The average molecular weight is 895 g/mol. The quantitative estimate of drug-likeness (QED) is 0.0490. The summed E-state index contributed by atoms with van der Waals surface area (Å²) < 4.78 is 118. The largest absolute Gasteiger partial charge is 0.328 e. The molecule has 0 aromatic carbocycles. The summed E-state index contributed by atoms with van der Waals surface area (Å²) in [6, 6.07) is 8.32. The summed E-state index contributed by atoms with van der Waals surface area (Å²) in [5, 5.41) is 34.9. The fourth-order valence-electron chi connectivity index (χ4n) is 6.27. The molecule has 0 saturated heterocycles. The van der Waals surface area contributed by atoms with Crippen molar-refractivity contribution in [2.24, 2.45) is 0 Å². The van der Waals surface area contributed by atoms with Crippen molar-refractivity contribution < 1.29 is 33.7 Å². The molecule has 0 aromatic heterocycles. The zero-order valence-electron chi connectivity index (χ0n) is 34.5. The summed E-state index contributed by atoms with van der Waals surface area (Å²) in [7, 11) is -21.3. The monoisotopic (exact) mass is 894 g/mol. The SMILES string of the molecule is N#CCCCCCCCCNS(=O)(=O)CC(S(=O)(=O)NCCCCCCCCC#N)(S(=O)(=O)NCCCCCCCCC#N)S(=O)(=O)NCCCCCCCCC#N. The van der Waals surface area contributed by atoms with Gasteiger partial charge in [0.15, 0.2) is 0 Å². The van der Waals surface area contributed by atoms with Crippen molar-refractivity contribution >= 4 is 40.1 Å². The van der Waals surface area contributed by atoms with Crippen LogP contribution in [-0.2, 0) is 40.1 Å². The van der Waals surface area contributed by atoms with E-state index in [1.165, 1.54) is 0 Å². The van der Waals surface area contributed by atoms with Gasteiger partial charge in [-0.3, -0.25) is 0 Å². The van der Waals surface area contributed by atoms with E-state index in [-0.39, 0.29) is 45.4 Å². The normalized spacial score (nSPS) is 12.4. The van der Waals surface area contributed by atoms with Crippen LogP contribution in [-0.4, -0.2) is 69.0 Å². The van der Waals surface area contributed by atoms with E-state index in [0.717, 1.165) is 83.5 Å². The molecule has 58 heavy (non-hydrogen) atoms. The van der Waals surface area contributed by atoms with Gasteiger partial charge in [-0.1, -0.05) is 103 Å². The number of nitriles is 4. The maximum Gasteiger partial charge on any atom is 0.328 e. The van der Waals surface area contributed by atoms with Gasteiger partial charge in [-0.15, -0.1) is 0 Å². The van der Waals surface area contributed by atoms with E-state index in [9.17, 15) is 33.7 Å². The van der Waals surface area contributed by atoms with E-state index >= 15 is 0 Å². The Morgan fingerprint density at radius 2 is 0.517 bits per heavy atom. The highest BCUT2D eigenvalue weighted by atomic mass is 32.3. The first-order valence-corrected chi connectivity index (χ1v) is 27.2. The highest BCUT2D eigenvalue weighted by molar-refractivity contribution is 8.25. The minimum absolute atomic E-state index is 0.165. The van der Waals surface area contributed by atoms with E-state index in [2.05, 4.69) is 43.2 Å². The fourth-order valence-corrected chi connectivity index (χ4v) is 17.0. The minimum atomic E-state index is -5.49. The Hall–Kier alpha value is -2.40. The summed E-state index contributed by atoms with van der Waals surface area (Å²) in [6.07, 6.45) is 17.3. The third-order valence-corrected chi connectivity index (χ3v) is 20.3. The summed E-state index contributed by atoms with van der Waals surface area (Å²) in [6.45, 7) is -1.14. The molecule has 0 fully saturated rings. The molecule has 0 aliphatic rings. The van der Waals surface area contributed by atoms with Crippen LogP contribution in [0.4, 0.5) is 0 Å². The molecule has 16 nitrogen and oxygen atoms in total. The van der Waals surface area contributed by atoms with Crippen molar-refractivity contribution in [3.05, 3.63) is 0 Å². The van der Waals surface area contributed by atoms with Crippen molar-refractivity contribution in [3.63, 3.8) is 0 Å². The van der Waals surface area contributed by atoms with E-state index in [4.69, 9.17) is 21.0 Å². The van der Waals surface area contributed by atoms with Gasteiger partial charge in [-0.2, -0.15) is 21.0 Å². The van der Waals surface area contributed by atoms with Gasteiger partial charge in [-0.05, 0) is 51.4 Å². The van der Waals surface area contributed by atoms with Gasteiger partial charge in [0.2, 0.25) is 10.0 Å². The molecule has 0 bridgehead atoms. The van der Waals surface area contributed by atoms with Crippen molar-refractivity contribution in [3.8, 4) is 24.3 Å². The molecule has 0 rings (SSSR count). The van der Waals surface area contributed by atoms with Crippen molar-refractivity contribution in [2.75, 3.05) is 31.9 Å². The van der Waals surface area contributed by atoms with Crippen LogP contribution in [0.2, 0.25) is 0 Å². The molecule has 0 saturated carbocycles. The molecule has 0 heterocycles. The lowest BCUT2D eigenvalue weighted by atomic mass is 10.1. The number of sulfonamides is 4. The van der Waals surface area contributed by atoms with Crippen molar-refractivity contribution in [1.29, 1.82) is 21.0 Å². The van der Waals surface area contributed by atoms with Gasteiger partial charge >= 0.3 is 3.41 Å². The van der Waals surface area contributed by atoms with Gasteiger partial charge in [-0.25, -0.2) is 52.6 Å². The number of rotatable bonds is 41. The predicted octanol–water partition coefficient (Wildman–Crippen LogP) is 6.33. The first-order valence-electron chi connectivity index (χ1n) is 21.1. The van der Waals surface area contributed by atoms with Crippen LogP contribution in [0.15, 0.2) is 0 Å². The molecule has 0 atom stereocenters. The highest BCUT2D eigenvalue weighted by Gasteiger charge is 2.67. The molecule has 0 spiro atoms. The molecular formula is C38H70N8O8S4. The second-order valence-electron chi connectivity index (χ2n) is 14.6. The summed E-state index contributed by atoms with van der Waals surface area (Å²) in [5.74, 6) is -1.80. The van der Waals surface area contributed by atoms with E-state index in [1.807, 2.05) is 0 Å². The van der Waals surface area contributed by atoms with Crippen LogP contribution in [0.1, 0.15) is 180 Å². The smallest absolute Gasteiger partial charge is 0.215 e. The molecule has 0 amide bonds. The van der Waals surface area contributed by atoms with Crippen molar-refractivity contribution in [2.45, 2.75) is 183 Å². The zero-order valence-corrected chi connectivity index (χ0v) is 37.8. The number of nitrogens with one attached hydrogen (secondary N) is 4. The highest BCUT2D eigenvalue weighted by Crippen LogP contribution is 2.32. The Balaban J connectivity index is 6.38. The van der Waals surface area contributed by atoms with E-state index < -0.39 is 49.3 Å². The molecular weight excluding hydrogens is 825 g/mol. The van der Waals surface area contributed by atoms with Crippen LogP contribution in [0.3, 0.4) is 0 Å². The van der Waals surface area contributed by atoms with Crippen LogP contribution >= 0.6 is 0 Å². The Morgan fingerprint density at radius 1 is 0.310 bits per heavy atom. The number of hydrogen-bond acceptors (Lipinski definition) is 12. The third-order valence-electron chi connectivity index (χ3n) is 9.65. The topological polar surface area (TPSA) is 280 Å². The number of hydrogen-bond donors (Lipinski definition) is 4. The van der Waals surface area contributed by atoms with Gasteiger partial charge < -0.3 is 0 Å². The van der Waals surface area contributed by atoms with Crippen LogP contribution < -0.4 is 18.9 Å². The maximum atomic E-state index is 14.3. The molecule has 0 aliphatic carbocycles. The molecule has 0 unspecified atom stereocenters. The first kappa shape index (κ1) is 55.6. The average Bonchev–Trinajstić information content (AvgIpc) is 3.17. The van der Waals surface area contributed by atoms with Crippen LogP contribution in [0, 0.1) is 45.3 Å². The van der Waals surface area contributed by atoms with E-state index in [1.54, 1.807) is 0 Å². The lowest BCUT2D eigenvalue weighted by Gasteiger charge is -2.32. The molecule has 0 aromatic rings. The van der Waals surface area contributed by atoms with Gasteiger partial charge in [0.1, 0.15) is 5.75 Å². The lowest BCUT2D eigenvalue weighted by molar-refractivity contribution is 0.522. The summed E-state index contributed by atoms with van der Waals surface area (Å²) >= 11 is 0. The zero-order chi connectivity index (χ0) is 43.5. The Labute approximate surface area is 351 Å². The fraction of sp³-hybridized carbons (Fsp3) is 0.895. The van der Waals surface area contributed by atoms with Crippen LogP contribution in [0.25, 0.3) is 0 Å². The molecule has 334 valence electrons. The predicted molar refractivity (Wildman–Crippen MR) is 227 cm³/mol. The summed E-state index contributed by atoms with van der Waals surface area (Å²) in [4.78, 5) is 0. The lowest BCUT2D eigenvalue weighted by Crippen LogP contribution is -2.67. The van der Waals surface area contributed by atoms with Gasteiger partial charge in [0.05, 0.1) is 24.3 Å². The number of nitrogens with zero attached hydrogens (tertiary/aromatic N) is 4. The van der Waals surface area contributed by atoms with Gasteiger partial charge in [0.25, 0.3) is 30.1 Å². The molecule has 20 heteroatoms. The third kappa shape index (κ3) is 24.0. The Morgan fingerprint density at radius 3 is 0.759 bits per heavy atom. The molecule has 0 radical (unpaired) electrons. The number of unbranched alkanes of at least 4 members (excludes halogenated alkanes) is 24. The second-order valence-corrected chi connectivity index (χ2v) is 23.2. The second kappa shape index (κ2) is 33.3. The van der Waals surface area contributed by atoms with Crippen LogP contribution in [0.5, 0.6) is 0 Å². The van der Waals surface area contributed by atoms with Crippen molar-refractivity contribution in [1.82, 2.24) is 18.9 Å². The molecule has 4 N–H and O–H groups in total. The Kier molecular flexibility index (Phi) is 32.0. The van der Waals surface area contributed by atoms with Gasteiger partial charge in [0, 0.05) is 51.9 Å². The Bertz CT molecular complexity index is 1570. The maximum absolute atomic E-state index is 14.3. The molecule has 0 aliphatic heterocycles. The first-order chi connectivity index (χ1) is 27.7. The summed E-state index contributed by atoms with van der Waals surface area (Å²) in [5.41, 5.74) is 0. The minimum Gasteiger partial charge on any atom is -0.215 e. The van der Waals surface area contributed by atoms with E-state index in [0.29, 0.717) is 77.0 Å².